The summed E-state index contributed by atoms with van der Waals surface area (Å²) < 4.78 is 29.6. The monoisotopic (exact) mass is 391 g/mol. The standard InChI is InChI=1S/C19H19ClFN3O3/c1-12(19-23-18(24-27-19)13-3-5-14(20)6-4-13)22-15-7-8-17(16(21)11-15)26-10-9-25-2/h3-8,11-12,22H,9-10H2,1-2H3/t12-/m0/s1. The summed E-state index contributed by atoms with van der Waals surface area (Å²) in [7, 11) is 1.56. The lowest BCUT2D eigenvalue weighted by atomic mass is 10.2. The minimum atomic E-state index is -0.462. The van der Waals surface area contributed by atoms with Crippen LogP contribution >= 0.6 is 11.6 Å². The molecule has 27 heavy (non-hydrogen) atoms. The van der Waals surface area contributed by atoms with Gasteiger partial charge in [0.15, 0.2) is 11.6 Å². The Bertz CT molecular complexity index is 886. The molecule has 6 nitrogen and oxygen atoms in total. The van der Waals surface area contributed by atoms with Crippen molar-refractivity contribution in [2.75, 3.05) is 25.6 Å². The Labute approximate surface area is 161 Å². The van der Waals surface area contributed by atoms with Gasteiger partial charge in [-0.1, -0.05) is 16.8 Å². The number of benzene rings is 2. The van der Waals surface area contributed by atoms with E-state index in [1.165, 1.54) is 6.07 Å². The average Bonchev–Trinajstić information content (AvgIpc) is 3.14. The third kappa shape index (κ3) is 4.96. The van der Waals surface area contributed by atoms with Gasteiger partial charge in [0.05, 0.1) is 6.61 Å². The fourth-order valence-corrected chi connectivity index (χ4v) is 2.51. The summed E-state index contributed by atoms with van der Waals surface area (Å²) >= 11 is 5.88. The minimum Gasteiger partial charge on any atom is -0.488 e. The number of aromatic nitrogens is 2. The lowest BCUT2D eigenvalue weighted by Crippen LogP contribution is -2.08. The van der Waals surface area contributed by atoms with E-state index in [-0.39, 0.29) is 18.4 Å². The summed E-state index contributed by atoms with van der Waals surface area (Å²) in [5.74, 6) is 0.563. The van der Waals surface area contributed by atoms with Crippen molar-refractivity contribution in [3.05, 3.63) is 59.2 Å². The molecule has 3 rings (SSSR count). The molecule has 8 heteroatoms. The Balaban J connectivity index is 1.66. The van der Waals surface area contributed by atoms with E-state index in [1.807, 2.05) is 19.1 Å². The molecule has 0 aliphatic heterocycles. The smallest absolute Gasteiger partial charge is 0.249 e. The van der Waals surface area contributed by atoms with E-state index in [0.717, 1.165) is 5.56 Å². The lowest BCUT2D eigenvalue weighted by molar-refractivity contribution is 0.144. The third-order valence-electron chi connectivity index (χ3n) is 3.77. The summed E-state index contributed by atoms with van der Waals surface area (Å²) in [5.41, 5.74) is 1.37. The second-order valence-electron chi connectivity index (χ2n) is 5.82. The molecule has 0 aliphatic rings. The van der Waals surface area contributed by atoms with Crippen molar-refractivity contribution in [3.8, 4) is 17.1 Å². The van der Waals surface area contributed by atoms with Crippen LogP contribution in [-0.4, -0.2) is 30.5 Å². The van der Waals surface area contributed by atoms with E-state index in [4.69, 9.17) is 25.6 Å². The van der Waals surface area contributed by atoms with Gasteiger partial charge in [0.25, 0.3) is 0 Å². The first-order chi connectivity index (χ1) is 13.1. The zero-order chi connectivity index (χ0) is 19.2. The van der Waals surface area contributed by atoms with E-state index >= 15 is 0 Å². The quantitative estimate of drug-likeness (QED) is 0.560. The van der Waals surface area contributed by atoms with Gasteiger partial charge in [-0.15, -0.1) is 0 Å². The first kappa shape index (κ1) is 19.1. The number of rotatable bonds is 8. The molecule has 142 valence electrons. The predicted molar refractivity (Wildman–Crippen MR) is 101 cm³/mol. The molecule has 1 N–H and O–H groups in total. The van der Waals surface area contributed by atoms with Crippen LogP contribution in [0.4, 0.5) is 10.1 Å². The topological polar surface area (TPSA) is 69.4 Å². The van der Waals surface area contributed by atoms with Gasteiger partial charge in [-0.05, 0) is 43.3 Å². The zero-order valence-electron chi connectivity index (χ0n) is 14.9. The maximum atomic E-state index is 14.1. The van der Waals surface area contributed by atoms with Gasteiger partial charge in [-0.2, -0.15) is 4.98 Å². The summed E-state index contributed by atoms with van der Waals surface area (Å²) in [6.07, 6.45) is 0. The molecular weight excluding hydrogens is 373 g/mol. The molecule has 1 heterocycles. The largest absolute Gasteiger partial charge is 0.488 e. The molecule has 0 unspecified atom stereocenters. The van der Waals surface area contributed by atoms with E-state index in [2.05, 4.69) is 15.5 Å². The SMILES string of the molecule is COCCOc1ccc(N[C@@H](C)c2nc(-c3ccc(Cl)cc3)no2)cc1F. The second kappa shape index (κ2) is 8.83. The molecule has 0 saturated heterocycles. The molecule has 0 amide bonds. The van der Waals surface area contributed by atoms with Crippen LogP contribution in [0.5, 0.6) is 5.75 Å². The molecule has 0 aliphatic carbocycles. The third-order valence-corrected chi connectivity index (χ3v) is 4.03. The van der Waals surface area contributed by atoms with E-state index in [0.29, 0.717) is 29.0 Å². The number of nitrogens with zero attached hydrogens (tertiary/aromatic N) is 2. The average molecular weight is 392 g/mol. The summed E-state index contributed by atoms with van der Waals surface area (Å²) in [4.78, 5) is 4.38. The van der Waals surface area contributed by atoms with Crippen LogP contribution in [0.15, 0.2) is 47.0 Å². The van der Waals surface area contributed by atoms with Gasteiger partial charge in [-0.3, -0.25) is 0 Å². The Hall–Kier alpha value is -2.64. The maximum Gasteiger partial charge on any atom is 0.249 e. The molecule has 1 aromatic heterocycles. The van der Waals surface area contributed by atoms with Crippen molar-refractivity contribution < 1.29 is 18.4 Å². The van der Waals surface area contributed by atoms with Crippen LogP contribution in [0.1, 0.15) is 18.9 Å². The van der Waals surface area contributed by atoms with Crippen molar-refractivity contribution in [1.29, 1.82) is 0 Å². The highest BCUT2D eigenvalue weighted by Gasteiger charge is 2.16. The van der Waals surface area contributed by atoms with Crippen LogP contribution in [0.3, 0.4) is 0 Å². The van der Waals surface area contributed by atoms with Crippen molar-refractivity contribution in [1.82, 2.24) is 10.1 Å². The van der Waals surface area contributed by atoms with E-state index in [1.54, 1.807) is 31.4 Å². The number of hydrogen-bond acceptors (Lipinski definition) is 6. The molecular formula is C19H19ClFN3O3. The Morgan fingerprint density at radius 1 is 1.19 bits per heavy atom. The summed E-state index contributed by atoms with van der Waals surface area (Å²) in [6.45, 7) is 2.52. The number of ether oxygens (including phenoxy) is 2. The fraction of sp³-hybridized carbons (Fsp3) is 0.263. The van der Waals surface area contributed by atoms with E-state index < -0.39 is 5.82 Å². The van der Waals surface area contributed by atoms with Gasteiger partial charge in [-0.25, -0.2) is 4.39 Å². The first-order valence-corrected chi connectivity index (χ1v) is 8.72. The number of halogens is 2. The molecule has 0 fully saturated rings. The predicted octanol–water partition coefficient (Wildman–Crippen LogP) is 4.73. The Morgan fingerprint density at radius 3 is 2.67 bits per heavy atom. The van der Waals surface area contributed by atoms with E-state index in [9.17, 15) is 4.39 Å². The Kier molecular flexibility index (Phi) is 6.26. The zero-order valence-corrected chi connectivity index (χ0v) is 15.7. The molecule has 0 saturated carbocycles. The van der Waals surface area contributed by atoms with Crippen LogP contribution in [0.25, 0.3) is 11.4 Å². The molecule has 1 atom stereocenters. The molecule has 0 radical (unpaired) electrons. The van der Waals surface area contributed by atoms with Crippen molar-refractivity contribution in [2.24, 2.45) is 0 Å². The molecule has 3 aromatic rings. The number of methoxy groups -OCH3 is 1. The van der Waals surface area contributed by atoms with Crippen molar-refractivity contribution >= 4 is 17.3 Å². The first-order valence-electron chi connectivity index (χ1n) is 8.34. The molecule has 2 aromatic carbocycles. The minimum absolute atomic E-state index is 0.174. The number of hydrogen-bond donors (Lipinski definition) is 1. The van der Waals surface area contributed by atoms with Gasteiger partial charge in [0.2, 0.25) is 11.7 Å². The lowest BCUT2D eigenvalue weighted by Gasteiger charge is -2.13. The van der Waals surface area contributed by atoms with Crippen LogP contribution in [0, 0.1) is 5.82 Å². The van der Waals surface area contributed by atoms with Crippen molar-refractivity contribution in [3.63, 3.8) is 0 Å². The second-order valence-corrected chi connectivity index (χ2v) is 6.25. The van der Waals surface area contributed by atoms with Gasteiger partial charge >= 0.3 is 0 Å². The van der Waals surface area contributed by atoms with Gasteiger partial charge in [0.1, 0.15) is 12.6 Å². The number of anilines is 1. The normalized spacial score (nSPS) is 12.0. The highest BCUT2D eigenvalue weighted by molar-refractivity contribution is 6.30. The molecule has 0 bridgehead atoms. The van der Waals surface area contributed by atoms with Crippen molar-refractivity contribution in [2.45, 2.75) is 13.0 Å². The molecule has 0 spiro atoms. The van der Waals surface area contributed by atoms with Gasteiger partial charge < -0.3 is 19.3 Å². The number of nitrogens with one attached hydrogen (secondary N) is 1. The highest BCUT2D eigenvalue weighted by Crippen LogP contribution is 2.25. The highest BCUT2D eigenvalue weighted by atomic mass is 35.5. The Morgan fingerprint density at radius 2 is 1.96 bits per heavy atom. The fourth-order valence-electron chi connectivity index (χ4n) is 2.38. The van der Waals surface area contributed by atoms with Crippen LogP contribution < -0.4 is 10.1 Å². The van der Waals surface area contributed by atoms with Gasteiger partial charge in [0, 0.05) is 29.4 Å². The van der Waals surface area contributed by atoms with Crippen LogP contribution in [-0.2, 0) is 4.74 Å². The van der Waals surface area contributed by atoms with Crippen LogP contribution in [0.2, 0.25) is 5.02 Å². The maximum absolute atomic E-state index is 14.1. The summed E-state index contributed by atoms with van der Waals surface area (Å²) in [5, 5.41) is 7.74. The summed E-state index contributed by atoms with van der Waals surface area (Å²) in [6, 6.07) is 11.5.